The van der Waals surface area contributed by atoms with E-state index in [1.165, 1.54) is 0 Å². The van der Waals surface area contributed by atoms with Crippen molar-refractivity contribution in [2.24, 2.45) is 17.8 Å². The number of hydrogen-bond acceptors (Lipinski definition) is 2. The molecule has 3 heteroatoms. The summed E-state index contributed by atoms with van der Waals surface area (Å²) in [6.45, 7) is 17.3. The molecule has 0 aromatic heterocycles. The lowest BCUT2D eigenvalue weighted by molar-refractivity contribution is -0.146. The summed E-state index contributed by atoms with van der Waals surface area (Å²) in [7, 11) is -1.81. The molecule has 0 saturated heterocycles. The van der Waals surface area contributed by atoms with Crippen LogP contribution in [0.15, 0.2) is 24.3 Å². The molecule has 1 fully saturated rings. The maximum absolute atomic E-state index is 12.4. The van der Waals surface area contributed by atoms with Gasteiger partial charge in [-0.05, 0) is 43.0 Å². The van der Waals surface area contributed by atoms with Gasteiger partial charge in [-0.1, -0.05) is 39.5 Å². The first-order chi connectivity index (χ1) is 9.06. The second-order valence-electron chi connectivity index (χ2n) is 7.87. The van der Waals surface area contributed by atoms with Crippen LogP contribution in [0.4, 0.5) is 0 Å². The fourth-order valence-electron chi connectivity index (χ4n) is 3.23. The standard InChI is InChI=1S/C17H28O2Si/c1-11-9-8-10-13-14(11)16(18)15(13)12(2)19-20(6,7)17(3,4)5/h8-9,12-15H,1,10H2,2-7H3/t12-,13+,14?,15-/m1/s1. The van der Waals surface area contributed by atoms with Crippen LogP contribution < -0.4 is 0 Å². The Kier molecular flexibility index (Phi) is 3.89. The molecule has 2 rings (SSSR count). The largest absolute Gasteiger partial charge is 0.413 e. The first-order valence-electron chi connectivity index (χ1n) is 7.63. The molecule has 2 aliphatic rings. The van der Waals surface area contributed by atoms with E-state index in [0.29, 0.717) is 11.7 Å². The minimum atomic E-state index is -1.81. The number of carbonyl (C=O) groups is 1. The number of rotatable bonds is 3. The Balaban J connectivity index is 2.08. The van der Waals surface area contributed by atoms with Crippen molar-refractivity contribution >= 4 is 14.1 Å². The minimum absolute atomic E-state index is 0.0314. The molecular weight excluding hydrogens is 264 g/mol. The fraction of sp³-hybridized carbons (Fsp3) is 0.706. The van der Waals surface area contributed by atoms with E-state index in [2.05, 4.69) is 53.4 Å². The van der Waals surface area contributed by atoms with Crippen molar-refractivity contribution in [2.75, 3.05) is 0 Å². The highest BCUT2D eigenvalue weighted by Gasteiger charge is 2.54. The number of hydrogen-bond donors (Lipinski definition) is 0. The Morgan fingerprint density at radius 1 is 1.40 bits per heavy atom. The zero-order chi connectivity index (χ0) is 15.3. The van der Waals surface area contributed by atoms with Gasteiger partial charge in [-0.15, -0.1) is 0 Å². The van der Waals surface area contributed by atoms with E-state index in [0.717, 1.165) is 12.0 Å². The predicted octanol–water partition coefficient (Wildman–Crippen LogP) is 4.34. The van der Waals surface area contributed by atoms with E-state index in [1.807, 2.05) is 6.08 Å². The average Bonchev–Trinajstić information content (AvgIpc) is 2.25. The highest BCUT2D eigenvalue weighted by Crippen LogP contribution is 2.49. The van der Waals surface area contributed by atoms with Crippen molar-refractivity contribution in [1.82, 2.24) is 0 Å². The maximum Gasteiger partial charge on any atom is 0.192 e. The first-order valence-corrected chi connectivity index (χ1v) is 10.5. The summed E-state index contributed by atoms with van der Waals surface area (Å²) >= 11 is 0. The van der Waals surface area contributed by atoms with Gasteiger partial charge in [-0.3, -0.25) is 4.79 Å². The van der Waals surface area contributed by atoms with Gasteiger partial charge in [0, 0.05) is 11.8 Å². The Bertz CT molecular complexity index is 456. The van der Waals surface area contributed by atoms with Gasteiger partial charge in [0.1, 0.15) is 5.78 Å². The molecule has 4 atom stereocenters. The summed E-state index contributed by atoms with van der Waals surface area (Å²) in [5.74, 6) is 0.890. The van der Waals surface area contributed by atoms with Gasteiger partial charge in [0.15, 0.2) is 8.32 Å². The lowest BCUT2D eigenvalue weighted by Crippen LogP contribution is -2.56. The van der Waals surface area contributed by atoms with E-state index in [1.54, 1.807) is 0 Å². The predicted molar refractivity (Wildman–Crippen MR) is 86.1 cm³/mol. The number of carbonyl (C=O) groups excluding carboxylic acids is 1. The van der Waals surface area contributed by atoms with Crippen LogP contribution in [0.3, 0.4) is 0 Å². The van der Waals surface area contributed by atoms with Crippen LogP contribution >= 0.6 is 0 Å². The van der Waals surface area contributed by atoms with E-state index in [-0.39, 0.29) is 23.0 Å². The lowest BCUT2D eigenvalue weighted by atomic mass is 9.56. The molecule has 0 aromatic carbocycles. The molecule has 0 N–H and O–H groups in total. The normalized spacial score (nSPS) is 31.8. The topological polar surface area (TPSA) is 26.3 Å². The summed E-state index contributed by atoms with van der Waals surface area (Å²) in [4.78, 5) is 12.4. The molecule has 2 aliphatic carbocycles. The molecule has 0 spiro atoms. The second-order valence-corrected chi connectivity index (χ2v) is 12.6. The van der Waals surface area contributed by atoms with Gasteiger partial charge >= 0.3 is 0 Å². The van der Waals surface area contributed by atoms with Crippen molar-refractivity contribution in [3.8, 4) is 0 Å². The molecule has 0 radical (unpaired) electrons. The zero-order valence-electron chi connectivity index (χ0n) is 13.7. The van der Waals surface area contributed by atoms with Crippen molar-refractivity contribution in [1.29, 1.82) is 0 Å². The molecule has 0 aliphatic heterocycles. The van der Waals surface area contributed by atoms with Crippen LogP contribution in [-0.4, -0.2) is 20.2 Å². The smallest absolute Gasteiger partial charge is 0.192 e. The Hall–Kier alpha value is -0.673. The monoisotopic (exact) mass is 292 g/mol. The molecule has 112 valence electrons. The SMILES string of the molecule is C=C1C=CC[C@H]2C1C(=O)[C@@H]2[C@@H](C)O[Si](C)(C)C(C)(C)C. The van der Waals surface area contributed by atoms with Crippen LogP contribution in [-0.2, 0) is 9.22 Å². The third-order valence-corrected chi connectivity index (χ3v) is 10.0. The van der Waals surface area contributed by atoms with Gasteiger partial charge in [-0.2, -0.15) is 0 Å². The summed E-state index contributed by atoms with van der Waals surface area (Å²) in [6.07, 6.45) is 5.19. The fourth-order valence-corrected chi connectivity index (χ4v) is 4.66. The van der Waals surface area contributed by atoms with Crippen LogP contribution in [0, 0.1) is 17.8 Å². The Morgan fingerprint density at radius 2 is 2.00 bits per heavy atom. The third kappa shape index (κ3) is 2.46. The van der Waals surface area contributed by atoms with Gasteiger partial charge in [0.2, 0.25) is 0 Å². The van der Waals surface area contributed by atoms with Gasteiger partial charge < -0.3 is 4.43 Å². The van der Waals surface area contributed by atoms with Crippen LogP contribution in [0.2, 0.25) is 18.1 Å². The van der Waals surface area contributed by atoms with Crippen molar-refractivity contribution in [3.63, 3.8) is 0 Å². The molecule has 1 unspecified atom stereocenters. The molecule has 2 nitrogen and oxygen atoms in total. The first kappa shape index (κ1) is 15.7. The highest BCUT2D eigenvalue weighted by atomic mass is 28.4. The van der Waals surface area contributed by atoms with Crippen molar-refractivity contribution < 1.29 is 9.22 Å². The molecule has 0 bridgehead atoms. The van der Waals surface area contributed by atoms with Crippen molar-refractivity contribution in [2.45, 2.75) is 58.4 Å². The lowest BCUT2D eigenvalue weighted by Gasteiger charge is -2.50. The van der Waals surface area contributed by atoms with E-state index in [4.69, 9.17) is 4.43 Å². The number of fused-ring (bicyclic) bond motifs is 1. The highest BCUT2D eigenvalue weighted by molar-refractivity contribution is 6.74. The summed E-state index contributed by atoms with van der Waals surface area (Å²) in [6, 6.07) is 0. The molecular formula is C17H28O2Si. The molecule has 0 aromatic rings. The number of allylic oxidation sites excluding steroid dienone is 3. The molecule has 1 saturated carbocycles. The van der Waals surface area contributed by atoms with Gasteiger partial charge in [0.25, 0.3) is 0 Å². The molecule has 20 heavy (non-hydrogen) atoms. The Morgan fingerprint density at radius 3 is 2.55 bits per heavy atom. The summed E-state index contributed by atoms with van der Waals surface area (Å²) in [5.41, 5.74) is 0.988. The van der Waals surface area contributed by atoms with Crippen molar-refractivity contribution in [3.05, 3.63) is 24.3 Å². The minimum Gasteiger partial charge on any atom is -0.413 e. The van der Waals surface area contributed by atoms with E-state index >= 15 is 0 Å². The maximum atomic E-state index is 12.4. The summed E-state index contributed by atoms with van der Waals surface area (Å²) < 4.78 is 6.43. The molecule has 0 amide bonds. The summed E-state index contributed by atoms with van der Waals surface area (Å²) in [5, 5.41) is 0.184. The number of ketones is 1. The molecule has 0 heterocycles. The zero-order valence-corrected chi connectivity index (χ0v) is 14.7. The number of Topliss-reactive ketones (excluding diaryl/α,β-unsaturated/α-hetero) is 1. The van der Waals surface area contributed by atoms with Gasteiger partial charge in [0.05, 0.1) is 6.10 Å². The van der Waals surface area contributed by atoms with E-state index < -0.39 is 8.32 Å². The van der Waals surface area contributed by atoms with Crippen LogP contribution in [0.5, 0.6) is 0 Å². The average molecular weight is 292 g/mol. The Labute approximate surface area is 124 Å². The quantitative estimate of drug-likeness (QED) is 0.723. The van der Waals surface area contributed by atoms with Crippen LogP contribution in [0.25, 0.3) is 0 Å². The van der Waals surface area contributed by atoms with Crippen LogP contribution in [0.1, 0.15) is 34.1 Å². The van der Waals surface area contributed by atoms with Gasteiger partial charge in [-0.25, -0.2) is 0 Å². The third-order valence-electron chi connectivity index (χ3n) is 5.46. The van der Waals surface area contributed by atoms with E-state index in [9.17, 15) is 4.79 Å². The second kappa shape index (κ2) is 4.95.